The van der Waals surface area contributed by atoms with E-state index in [0.29, 0.717) is 23.9 Å². The van der Waals surface area contributed by atoms with Crippen molar-refractivity contribution in [2.24, 2.45) is 10.1 Å². The fourth-order valence-corrected chi connectivity index (χ4v) is 5.14. The summed E-state index contributed by atoms with van der Waals surface area (Å²) in [6, 6.07) is 14.1. The van der Waals surface area contributed by atoms with Crippen LogP contribution < -0.4 is 10.5 Å². The predicted molar refractivity (Wildman–Crippen MR) is 144 cm³/mol. The van der Waals surface area contributed by atoms with E-state index >= 15 is 0 Å². The van der Waals surface area contributed by atoms with Gasteiger partial charge in [0.15, 0.2) is 5.82 Å². The molecule has 0 N–H and O–H groups in total. The minimum Gasteiger partial charge on any atom is -0.383 e. The summed E-state index contributed by atoms with van der Waals surface area (Å²) in [5.74, 6) is 0.514. The van der Waals surface area contributed by atoms with Crippen LogP contribution in [0.25, 0.3) is 0 Å². The van der Waals surface area contributed by atoms with Crippen LogP contribution in [-0.2, 0) is 17.6 Å². The van der Waals surface area contributed by atoms with E-state index in [1.54, 1.807) is 7.11 Å². The van der Waals surface area contributed by atoms with Crippen molar-refractivity contribution < 1.29 is 4.74 Å². The van der Waals surface area contributed by atoms with Crippen LogP contribution >= 0.6 is 15.9 Å². The van der Waals surface area contributed by atoms with E-state index in [2.05, 4.69) is 46.8 Å². The minimum atomic E-state index is -0.0824. The molecule has 2 heterocycles. The first kappa shape index (κ1) is 23.6. The average Bonchev–Trinajstić information content (AvgIpc) is 3.47. The zero-order chi connectivity index (χ0) is 24.5. The maximum Gasteiger partial charge on any atom is 0.277 e. The molecular weight excluding hydrogens is 506 g/mol. The van der Waals surface area contributed by atoms with E-state index in [-0.39, 0.29) is 5.56 Å². The molecule has 1 aliphatic carbocycles. The van der Waals surface area contributed by atoms with Crippen molar-refractivity contribution in [3.05, 3.63) is 85.5 Å². The Balaban J connectivity index is 1.63. The van der Waals surface area contributed by atoms with E-state index in [4.69, 9.17) is 19.8 Å². The molecule has 0 fully saturated rings. The van der Waals surface area contributed by atoms with Crippen molar-refractivity contribution in [1.82, 2.24) is 9.66 Å². The number of halogens is 1. The van der Waals surface area contributed by atoms with Crippen LogP contribution in [0.5, 0.6) is 0 Å². The molecule has 0 amide bonds. The number of nitrogens with zero attached hydrogens (tertiary/aromatic N) is 5. The zero-order valence-electron chi connectivity index (χ0n) is 20.2. The van der Waals surface area contributed by atoms with Crippen molar-refractivity contribution in [3.8, 4) is 0 Å². The molecule has 8 heteroatoms. The summed E-state index contributed by atoms with van der Waals surface area (Å²) in [5.41, 5.74) is 6.71. The number of hydrogen-bond acceptors (Lipinski definition) is 6. The van der Waals surface area contributed by atoms with Crippen molar-refractivity contribution in [3.63, 3.8) is 0 Å². The fraction of sp³-hybridized carbons (Fsp3) is 0.333. The highest BCUT2D eigenvalue weighted by atomic mass is 79.9. The number of rotatable bonds is 7. The van der Waals surface area contributed by atoms with Crippen LogP contribution in [0.4, 0.5) is 11.4 Å². The molecule has 1 aromatic heterocycles. The molecule has 0 saturated carbocycles. The van der Waals surface area contributed by atoms with E-state index < -0.39 is 0 Å². The van der Waals surface area contributed by atoms with Gasteiger partial charge in [0.25, 0.3) is 5.56 Å². The molecule has 7 nitrogen and oxygen atoms in total. The quantitative estimate of drug-likeness (QED) is 0.442. The van der Waals surface area contributed by atoms with Crippen LogP contribution in [0, 0.1) is 6.92 Å². The Bertz CT molecular complexity index is 1410. The zero-order valence-corrected chi connectivity index (χ0v) is 21.8. The third-order valence-corrected chi connectivity index (χ3v) is 7.26. The summed E-state index contributed by atoms with van der Waals surface area (Å²) in [6.07, 6.45) is 2.52. The van der Waals surface area contributed by atoms with Gasteiger partial charge in [0, 0.05) is 41.5 Å². The Morgan fingerprint density at radius 3 is 2.77 bits per heavy atom. The number of likely N-dealkylation sites (N-methyl/N-ethyl adjacent to an activating group) is 1. The van der Waals surface area contributed by atoms with Gasteiger partial charge in [0.05, 0.1) is 18.0 Å². The van der Waals surface area contributed by atoms with Gasteiger partial charge in [-0.15, -0.1) is 0 Å². The number of anilines is 1. The summed E-state index contributed by atoms with van der Waals surface area (Å²) in [5, 5.41) is 4.74. The third-order valence-electron chi connectivity index (χ3n) is 6.57. The highest BCUT2D eigenvalue weighted by Crippen LogP contribution is 2.29. The summed E-state index contributed by atoms with van der Waals surface area (Å²) in [7, 11) is 1.72. The first-order valence-electron chi connectivity index (χ1n) is 11.9. The molecule has 180 valence electrons. The fourth-order valence-electron chi connectivity index (χ4n) is 4.67. The second-order valence-corrected chi connectivity index (χ2v) is 9.62. The number of benzene rings is 2. The lowest BCUT2D eigenvalue weighted by Crippen LogP contribution is -2.26. The molecular formula is C27H28BrN5O2. The first-order chi connectivity index (χ1) is 17.0. The number of hydrogen-bond donors (Lipinski definition) is 0. The van der Waals surface area contributed by atoms with E-state index in [0.717, 1.165) is 70.6 Å². The Labute approximate surface area is 213 Å². The van der Waals surface area contributed by atoms with Crippen molar-refractivity contribution in [1.29, 1.82) is 0 Å². The predicted octanol–water partition coefficient (Wildman–Crippen LogP) is 4.66. The van der Waals surface area contributed by atoms with E-state index in [9.17, 15) is 4.79 Å². The highest BCUT2D eigenvalue weighted by Gasteiger charge is 2.31. The van der Waals surface area contributed by atoms with Crippen molar-refractivity contribution in [2.75, 3.05) is 31.7 Å². The van der Waals surface area contributed by atoms with Crippen LogP contribution in [0.1, 0.15) is 41.6 Å². The molecule has 3 aromatic rings. The van der Waals surface area contributed by atoms with E-state index in [1.807, 2.05) is 30.3 Å². The smallest absolute Gasteiger partial charge is 0.277 e. The van der Waals surface area contributed by atoms with Crippen molar-refractivity contribution in [2.45, 2.75) is 33.1 Å². The van der Waals surface area contributed by atoms with Gasteiger partial charge < -0.3 is 9.64 Å². The van der Waals surface area contributed by atoms with Gasteiger partial charge in [-0.1, -0.05) is 34.1 Å². The maximum atomic E-state index is 13.3. The van der Waals surface area contributed by atoms with Gasteiger partial charge in [-0.2, -0.15) is 9.78 Å². The number of ether oxygens (including phenoxy) is 1. The van der Waals surface area contributed by atoms with Gasteiger partial charge in [0.2, 0.25) is 0 Å². The number of methoxy groups -OCH3 is 1. The number of aryl methyl sites for hydroxylation is 2. The molecule has 0 unspecified atom stereocenters. The van der Waals surface area contributed by atoms with Crippen LogP contribution in [0.15, 0.2) is 61.8 Å². The summed E-state index contributed by atoms with van der Waals surface area (Å²) in [6.45, 7) is 6.58. The first-order valence-corrected chi connectivity index (χ1v) is 12.7. The monoisotopic (exact) mass is 533 g/mol. The van der Waals surface area contributed by atoms with Crippen LogP contribution in [0.2, 0.25) is 0 Å². The number of aromatic nitrogens is 2. The SMILES string of the molecule is CCN(CCOC)c1ccc(N=C2C(c3ccccc3Br)=Nn3c2nc2c(c3=O)CCC2)c(C)c1. The molecule has 2 aromatic carbocycles. The van der Waals surface area contributed by atoms with Gasteiger partial charge in [0.1, 0.15) is 11.4 Å². The minimum absolute atomic E-state index is 0.0824. The lowest BCUT2D eigenvalue weighted by molar-refractivity contribution is 0.205. The Hall–Kier alpha value is -3.10. The molecule has 35 heavy (non-hydrogen) atoms. The molecule has 1 aliphatic heterocycles. The normalized spacial score (nSPS) is 15.3. The Kier molecular flexibility index (Phi) is 6.67. The highest BCUT2D eigenvalue weighted by molar-refractivity contribution is 9.10. The van der Waals surface area contributed by atoms with Crippen LogP contribution in [0.3, 0.4) is 0 Å². The number of aliphatic imine (C=N–C) groups is 1. The van der Waals surface area contributed by atoms with Crippen molar-refractivity contribution >= 4 is 38.7 Å². The lowest BCUT2D eigenvalue weighted by atomic mass is 10.1. The molecule has 0 saturated heterocycles. The second kappa shape index (κ2) is 9.87. The van der Waals surface area contributed by atoms with Gasteiger partial charge in [-0.3, -0.25) is 4.79 Å². The lowest BCUT2D eigenvalue weighted by Gasteiger charge is -2.23. The molecule has 0 atom stereocenters. The van der Waals surface area contributed by atoms with Gasteiger partial charge >= 0.3 is 0 Å². The Morgan fingerprint density at radius 2 is 2.03 bits per heavy atom. The van der Waals surface area contributed by atoms with Gasteiger partial charge in [-0.25, -0.2) is 9.98 Å². The molecule has 5 rings (SSSR count). The average molecular weight is 534 g/mol. The molecule has 0 spiro atoms. The van der Waals surface area contributed by atoms with Gasteiger partial charge in [-0.05, 0) is 62.9 Å². The van der Waals surface area contributed by atoms with Crippen LogP contribution in [-0.4, -0.2) is 47.9 Å². The molecule has 0 bridgehead atoms. The third kappa shape index (κ3) is 4.36. The topological polar surface area (TPSA) is 72.1 Å². The summed E-state index contributed by atoms with van der Waals surface area (Å²) in [4.78, 5) is 25.5. The second-order valence-electron chi connectivity index (χ2n) is 8.76. The molecule has 2 aliphatic rings. The largest absolute Gasteiger partial charge is 0.383 e. The molecule has 0 radical (unpaired) electrons. The summed E-state index contributed by atoms with van der Waals surface area (Å²) >= 11 is 3.65. The maximum absolute atomic E-state index is 13.3. The Morgan fingerprint density at radius 1 is 1.20 bits per heavy atom. The summed E-state index contributed by atoms with van der Waals surface area (Å²) < 4.78 is 7.59. The van der Waals surface area contributed by atoms with E-state index in [1.165, 1.54) is 4.68 Å². The number of fused-ring (bicyclic) bond motifs is 2. The standard InChI is InChI=1S/C27H28BrN5O2/c1-4-32(14-15-35-3)18-12-13-22(17(2)16-18)29-25-24(19-8-5-6-10-21(19)28)31-33-26(25)30-23-11-7-9-20(23)27(33)34/h5-6,8,10,12-13,16H,4,7,9,11,14-15H2,1-3H3.